The number of likely N-dealkylation sites (N-methyl/N-ethyl adjacent to an activating group) is 1. The number of nitro benzene ring substituents is 1. The number of nitrogens with zero attached hydrogens (tertiary/aromatic N) is 2. The highest BCUT2D eigenvalue weighted by Gasteiger charge is 2.47. The van der Waals surface area contributed by atoms with Crippen molar-refractivity contribution in [3.05, 3.63) is 74.5 Å². The molecule has 1 amide bonds. The summed E-state index contributed by atoms with van der Waals surface area (Å²) in [7, 11) is 1.65. The van der Waals surface area contributed by atoms with Crippen molar-refractivity contribution < 1.29 is 14.1 Å². The van der Waals surface area contributed by atoms with Gasteiger partial charge >= 0.3 is 0 Å². The Hall–Kier alpha value is -2.47. The van der Waals surface area contributed by atoms with Crippen molar-refractivity contribution in [3.63, 3.8) is 0 Å². The van der Waals surface area contributed by atoms with Gasteiger partial charge in [-0.1, -0.05) is 30.2 Å². The van der Waals surface area contributed by atoms with Crippen LogP contribution in [0.4, 0.5) is 10.1 Å². The van der Waals surface area contributed by atoms with Gasteiger partial charge in [-0.2, -0.15) is 0 Å². The minimum Gasteiger partial charge on any atom is -0.341 e. The Kier molecular flexibility index (Phi) is 4.96. The first-order chi connectivity index (χ1) is 12.3. The normalized spacial score (nSPS) is 15.2. The second-order valence-electron chi connectivity index (χ2n) is 6.64. The van der Waals surface area contributed by atoms with E-state index in [1.807, 2.05) is 0 Å². The Morgan fingerprint density at radius 3 is 2.46 bits per heavy atom. The molecule has 2 aromatic rings. The van der Waals surface area contributed by atoms with Crippen molar-refractivity contribution in [3.8, 4) is 0 Å². The zero-order valence-corrected chi connectivity index (χ0v) is 15.0. The molecule has 7 heteroatoms. The number of amides is 1. The van der Waals surface area contributed by atoms with Crippen LogP contribution in [0.3, 0.4) is 0 Å². The van der Waals surface area contributed by atoms with E-state index in [-0.39, 0.29) is 24.0 Å². The summed E-state index contributed by atoms with van der Waals surface area (Å²) in [6.07, 6.45) is 2.32. The zero-order valence-electron chi connectivity index (χ0n) is 14.2. The van der Waals surface area contributed by atoms with E-state index >= 15 is 0 Å². The Bertz CT molecular complexity index is 850. The van der Waals surface area contributed by atoms with Crippen LogP contribution in [0.1, 0.15) is 30.4 Å². The molecule has 0 radical (unpaired) electrons. The van der Waals surface area contributed by atoms with Crippen molar-refractivity contribution in [1.82, 2.24) is 4.90 Å². The largest absolute Gasteiger partial charge is 0.341 e. The number of hydrogen-bond acceptors (Lipinski definition) is 3. The molecule has 0 saturated heterocycles. The monoisotopic (exact) mass is 376 g/mol. The fraction of sp³-hybridized carbons (Fsp3) is 0.316. The molecule has 0 heterocycles. The summed E-state index contributed by atoms with van der Waals surface area (Å²) in [6, 6.07) is 10.2. The predicted molar refractivity (Wildman–Crippen MR) is 96.5 cm³/mol. The van der Waals surface area contributed by atoms with E-state index in [4.69, 9.17) is 11.6 Å². The maximum absolute atomic E-state index is 13.2. The highest BCUT2D eigenvalue weighted by atomic mass is 35.5. The van der Waals surface area contributed by atoms with Crippen LogP contribution in [0.15, 0.2) is 42.5 Å². The molecule has 26 heavy (non-hydrogen) atoms. The first-order valence-corrected chi connectivity index (χ1v) is 8.66. The van der Waals surface area contributed by atoms with Gasteiger partial charge in [0.25, 0.3) is 5.69 Å². The van der Waals surface area contributed by atoms with Crippen molar-refractivity contribution in [2.45, 2.75) is 31.2 Å². The van der Waals surface area contributed by atoms with Crippen LogP contribution < -0.4 is 0 Å². The number of carbonyl (C=O) groups is 1. The maximum atomic E-state index is 13.2. The number of benzene rings is 2. The van der Waals surface area contributed by atoms with Gasteiger partial charge in [0.1, 0.15) is 5.82 Å². The van der Waals surface area contributed by atoms with Crippen LogP contribution >= 0.6 is 11.6 Å². The topological polar surface area (TPSA) is 63.4 Å². The Morgan fingerprint density at radius 1 is 1.27 bits per heavy atom. The highest BCUT2D eigenvalue weighted by Crippen LogP contribution is 2.45. The Labute approximate surface area is 155 Å². The minimum absolute atomic E-state index is 0.0675. The lowest BCUT2D eigenvalue weighted by Crippen LogP contribution is -2.49. The Morgan fingerprint density at radius 2 is 1.92 bits per heavy atom. The van der Waals surface area contributed by atoms with E-state index in [1.54, 1.807) is 19.2 Å². The van der Waals surface area contributed by atoms with Gasteiger partial charge in [0.15, 0.2) is 0 Å². The van der Waals surface area contributed by atoms with E-state index < -0.39 is 10.3 Å². The molecule has 1 aliphatic rings. The van der Waals surface area contributed by atoms with Gasteiger partial charge in [0, 0.05) is 30.7 Å². The molecule has 136 valence electrons. The standard InChI is InChI=1S/C19H18ClFN2O3/c1-22(12-13-11-16(23(25)26)7-8-17(13)20)18(24)19(9-2-10-19)14-3-5-15(21)6-4-14/h3-8,11H,2,9-10,12H2,1H3. The SMILES string of the molecule is CN(Cc1cc([N+](=O)[O-])ccc1Cl)C(=O)C1(c2ccc(F)cc2)CCC1. The zero-order chi connectivity index (χ0) is 18.9. The molecule has 0 bridgehead atoms. The highest BCUT2D eigenvalue weighted by molar-refractivity contribution is 6.31. The summed E-state index contributed by atoms with van der Waals surface area (Å²) in [5.41, 5.74) is 0.593. The molecule has 1 fully saturated rings. The van der Waals surface area contributed by atoms with Gasteiger partial charge in [-0.15, -0.1) is 0 Å². The second-order valence-corrected chi connectivity index (χ2v) is 7.04. The first-order valence-electron chi connectivity index (χ1n) is 8.28. The quantitative estimate of drug-likeness (QED) is 0.571. The van der Waals surface area contributed by atoms with Crippen LogP contribution in [0.25, 0.3) is 0 Å². The van der Waals surface area contributed by atoms with Gasteiger partial charge in [0.2, 0.25) is 5.91 Å². The van der Waals surface area contributed by atoms with Crippen molar-refractivity contribution in [1.29, 1.82) is 0 Å². The van der Waals surface area contributed by atoms with Crippen molar-refractivity contribution >= 4 is 23.2 Å². The van der Waals surface area contributed by atoms with E-state index in [0.29, 0.717) is 23.4 Å². The number of rotatable bonds is 5. The van der Waals surface area contributed by atoms with Crippen molar-refractivity contribution in [2.24, 2.45) is 0 Å². The van der Waals surface area contributed by atoms with Gasteiger partial charge in [0.05, 0.1) is 10.3 Å². The molecule has 0 aromatic heterocycles. The molecule has 0 spiro atoms. The average molecular weight is 377 g/mol. The Balaban J connectivity index is 1.84. The average Bonchev–Trinajstić information content (AvgIpc) is 2.57. The minimum atomic E-state index is -0.657. The molecule has 2 aromatic carbocycles. The van der Waals surface area contributed by atoms with E-state index in [0.717, 1.165) is 12.0 Å². The van der Waals surface area contributed by atoms with Crippen LogP contribution in [-0.4, -0.2) is 22.8 Å². The summed E-state index contributed by atoms with van der Waals surface area (Å²) in [5.74, 6) is -0.426. The van der Waals surface area contributed by atoms with Crippen LogP contribution in [0.2, 0.25) is 5.02 Å². The van der Waals surface area contributed by atoms with E-state index in [1.165, 1.54) is 35.2 Å². The summed E-state index contributed by atoms with van der Waals surface area (Å²) in [5, 5.41) is 11.3. The number of halogens is 2. The molecule has 3 rings (SSSR count). The van der Waals surface area contributed by atoms with Crippen LogP contribution in [0.5, 0.6) is 0 Å². The van der Waals surface area contributed by atoms with E-state index in [2.05, 4.69) is 0 Å². The summed E-state index contributed by atoms with van der Waals surface area (Å²) < 4.78 is 13.2. The molecule has 1 saturated carbocycles. The van der Waals surface area contributed by atoms with Gasteiger partial charge in [-0.05, 0) is 42.2 Å². The number of carbonyl (C=O) groups excluding carboxylic acids is 1. The van der Waals surface area contributed by atoms with Gasteiger partial charge in [-0.3, -0.25) is 14.9 Å². The fourth-order valence-corrected chi connectivity index (χ4v) is 3.59. The third kappa shape index (κ3) is 3.29. The first kappa shape index (κ1) is 18.3. The van der Waals surface area contributed by atoms with Crippen molar-refractivity contribution in [2.75, 3.05) is 7.05 Å². The smallest absolute Gasteiger partial charge is 0.269 e. The molecule has 1 aliphatic carbocycles. The molecule has 0 atom stereocenters. The lowest BCUT2D eigenvalue weighted by atomic mass is 9.63. The van der Waals surface area contributed by atoms with Crippen LogP contribution in [-0.2, 0) is 16.8 Å². The molecule has 0 aliphatic heterocycles. The molecule has 0 N–H and O–H groups in total. The fourth-order valence-electron chi connectivity index (χ4n) is 3.41. The summed E-state index contributed by atoms with van der Waals surface area (Å²) in [4.78, 5) is 25.1. The van der Waals surface area contributed by atoms with Gasteiger partial charge < -0.3 is 4.90 Å². The molecular formula is C19H18ClFN2O3. The molecular weight excluding hydrogens is 359 g/mol. The predicted octanol–water partition coefficient (Wildman–Crippen LogP) is 4.47. The second kappa shape index (κ2) is 7.03. The van der Waals surface area contributed by atoms with E-state index in [9.17, 15) is 19.3 Å². The third-order valence-electron chi connectivity index (χ3n) is 5.01. The molecule has 0 unspecified atom stereocenters. The summed E-state index contributed by atoms with van der Waals surface area (Å²) in [6.45, 7) is 0.169. The molecule has 5 nitrogen and oxygen atoms in total. The maximum Gasteiger partial charge on any atom is 0.269 e. The number of non-ortho nitro benzene ring substituents is 1. The van der Waals surface area contributed by atoms with Crippen LogP contribution in [0, 0.1) is 15.9 Å². The lowest BCUT2D eigenvalue weighted by Gasteiger charge is -2.43. The van der Waals surface area contributed by atoms with Gasteiger partial charge in [-0.25, -0.2) is 4.39 Å². The number of nitro groups is 1. The third-order valence-corrected chi connectivity index (χ3v) is 5.38. The number of hydrogen-bond donors (Lipinski definition) is 0. The summed E-state index contributed by atoms with van der Waals surface area (Å²) >= 11 is 6.14. The lowest BCUT2D eigenvalue weighted by molar-refractivity contribution is -0.384.